The van der Waals surface area contributed by atoms with Gasteiger partial charge in [-0.05, 0) is 35.6 Å². The second-order valence-corrected chi connectivity index (χ2v) is 9.57. The molecule has 4 N–H and O–H groups in total. The van der Waals surface area contributed by atoms with E-state index in [0.717, 1.165) is 16.1 Å². The highest BCUT2D eigenvalue weighted by atomic mass is 32.1. The maximum atomic E-state index is 13.2. The Kier molecular flexibility index (Phi) is 9.89. The number of thiazole rings is 1. The fourth-order valence-corrected chi connectivity index (χ4v) is 4.89. The molecule has 0 aliphatic heterocycles. The smallest absolute Gasteiger partial charge is 0.326 e. The van der Waals surface area contributed by atoms with Gasteiger partial charge < -0.3 is 20.7 Å². The minimum atomic E-state index is -1.23. The van der Waals surface area contributed by atoms with Crippen molar-refractivity contribution in [1.29, 1.82) is 0 Å². The van der Waals surface area contributed by atoms with Crippen LogP contribution in [0.5, 0.6) is 0 Å². The lowest BCUT2D eigenvalue weighted by atomic mass is 9.92. The van der Waals surface area contributed by atoms with Gasteiger partial charge in [-0.1, -0.05) is 49.9 Å². The van der Waals surface area contributed by atoms with Crippen molar-refractivity contribution in [3.63, 3.8) is 0 Å². The average molecular weight is 534 g/mol. The van der Waals surface area contributed by atoms with Crippen LogP contribution < -0.4 is 11.1 Å². The van der Waals surface area contributed by atoms with Crippen molar-refractivity contribution in [3.05, 3.63) is 95.0 Å². The molecule has 0 aliphatic carbocycles. The Bertz CT molecular complexity index is 1340. The van der Waals surface area contributed by atoms with E-state index in [4.69, 9.17) is 5.73 Å². The summed E-state index contributed by atoms with van der Waals surface area (Å²) in [5, 5.41) is 15.0. The molecule has 0 bridgehead atoms. The Morgan fingerprint density at radius 2 is 1.89 bits per heavy atom. The zero-order chi connectivity index (χ0) is 26.2. The van der Waals surface area contributed by atoms with Crippen LogP contribution >= 0.6 is 11.3 Å². The van der Waals surface area contributed by atoms with Gasteiger partial charge in [0.15, 0.2) is 0 Å². The van der Waals surface area contributed by atoms with Crippen LogP contribution in [0.25, 0.3) is 11.1 Å². The van der Waals surface area contributed by atoms with E-state index < -0.39 is 23.8 Å². The van der Waals surface area contributed by atoms with E-state index >= 15 is 0 Å². The van der Waals surface area contributed by atoms with Crippen LogP contribution in [-0.4, -0.2) is 43.5 Å². The molecule has 2 aromatic heterocycles. The number of hydrogen-bond acceptors (Lipinski definition) is 6. The molecular weight excluding hydrogens is 502 g/mol. The summed E-state index contributed by atoms with van der Waals surface area (Å²) < 4.78 is 2.02. The van der Waals surface area contributed by atoms with Crippen molar-refractivity contribution in [2.75, 3.05) is 0 Å². The van der Waals surface area contributed by atoms with Crippen LogP contribution in [0, 0.1) is 0 Å². The fourth-order valence-electron chi connectivity index (χ4n) is 4.15. The first-order chi connectivity index (χ1) is 17.9. The molecule has 0 spiro atoms. The number of primary amides is 1. The van der Waals surface area contributed by atoms with Crippen molar-refractivity contribution in [2.24, 2.45) is 5.73 Å². The van der Waals surface area contributed by atoms with Crippen molar-refractivity contribution in [1.82, 2.24) is 19.9 Å². The number of nitrogens with zero attached hydrogens (tertiary/aromatic N) is 3. The van der Waals surface area contributed by atoms with E-state index in [9.17, 15) is 19.5 Å². The number of carboxylic acid groups (broad SMARTS) is 1. The molecule has 38 heavy (non-hydrogen) atoms. The number of benzene rings is 2. The van der Waals surface area contributed by atoms with E-state index in [-0.39, 0.29) is 26.2 Å². The molecule has 2 amide bonds. The molecule has 0 aliphatic rings. The lowest BCUT2D eigenvalue weighted by Gasteiger charge is -2.19. The van der Waals surface area contributed by atoms with Crippen LogP contribution in [0.1, 0.15) is 47.1 Å². The number of aliphatic carboxylic acids is 1. The molecule has 0 fully saturated rings. The maximum Gasteiger partial charge on any atom is 0.326 e. The summed E-state index contributed by atoms with van der Waals surface area (Å²) in [7, 11) is 0. The van der Waals surface area contributed by atoms with Gasteiger partial charge in [0.1, 0.15) is 6.04 Å². The average Bonchev–Trinajstić information content (AvgIpc) is 3.61. The first kappa shape index (κ1) is 28.3. The number of rotatable bonds is 12. The summed E-state index contributed by atoms with van der Waals surface area (Å²) in [5.74, 6) is -2.28. The van der Waals surface area contributed by atoms with Gasteiger partial charge >= 0.3 is 5.97 Å². The van der Waals surface area contributed by atoms with Gasteiger partial charge in [0.25, 0.3) is 5.91 Å². The SMILES string of the molecule is C.NC(=O)CC[C@H](NC(=O)c1ccc(CC(Cn2ccnc2)c2nccs2)cc1-c1ccccc1)C(=O)O. The van der Waals surface area contributed by atoms with Gasteiger partial charge in [0, 0.05) is 48.4 Å². The molecule has 2 aromatic carbocycles. The number of carboxylic acids is 1. The molecule has 4 aromatic rings. The lowest BCUT2D eigenvalue weighted by molar-refractivity contribution is -0.139. The van der Waals surface area contributed by atoms with Gasteiger partial charge in [0.05, 0.1) is 11.3 Å². The Hall–Kier alpha value is -4.31. The van der Waals surface area contributed by atoms with Crippen molar-refractivity contribution < 1.29 is 19.5 Å². The number of nitrogens with two attached hydrogens (primary N) is 1. The van der Waals surface area contributed by atoms with E-state index in [1.165, 1.54) is 0 Å². The van der Waals surface area contributed by atoms with Crippen LogP contribution in [0.2, 0.25) is 0 Å². The van der Waals surface area contributed by atoms with Gasteiger partial charge in [-0.15, -0.1) is 11.3 Å². The second kappa shape index (κ2) is 13.3. The molecule has 0 radical (unpaired) electrons. The third-order valence-electron chi connectivity index (χ3n) is 5.97. The van der Waals surface area contributed by atoms with Crippen LogP contribution in [0.4, 0.5) is 0 Å². The van der Waals surface area contributed by atoms with Gasteiger partial charge in [0.2, 0.25) is 5.91 Å². The number of hydrogen-bond donors (Lipinski definition) is 3. The summed E-state index contributed by atoms with van der Waals surface area (Å²) in [5.41, 5.74) is 8.05. The van der Waals surface area contributed by atoms with Crippen molar-refractivity contribution >= 4 is 29.1 Å². The highest BCUT2D eigenvalue weighted by molar-refractivity contribution is 7.09. The second-order valence-electron chi connectivity index (χ2n) is 8.65. The van der Waals surface area contributed by atoms with Crippen molar-refractivity contribution in [3.8, 4) is 11.1 Å². The predicted octanol–water partition coefficient (Wildman–Crippen LogP) is 4.12. The molecule has 0 saturated heterocycles. The summed E-state index contributed by atoms with van der Waals surface area (Å²) >= 11 is 1.60. The topological polar surface area (TPSA) is 140 Å². The normalized spacial score (nSPS) is 12.2. The van der Waals surface area contributed by atoms with E-state index in [2.05, 4.69) is 15.3 Å². The molecule has 10 heteroatoms. The summed E-state index contributed by atoms with van der Waals surface area (Å²) in [4.78, 5) is 44.7. The summed E-state index contributed by atoms with van der Waals surface area (Å²) in [6, 6.07) is 13.8. The standard InChI is InChI=1S/C27H27N5O4S.CH4/c28-24(33)9-8-23(27(35)36)31-25(34)21-7-6-18(15-22(21)19-4-2-1-3-5-19)14-20(26-30-11-13-37-26)16-32-12-10-29-17-32;/h1-7,10-13,15,17,20,23H,8-9,14,16H2,(H2,28,33)(H,31,34)(H,35,36);1H4/t20?,23-;/m0./s1. The maximum absolute atomic E-state index is 13.2. The molecule has 9 nitrogen and oxygen atoms in total. The van der Waals surface area contributed by atoms with Gasteiger partial charge in [-0.25, -0.2) is 14.8 Å². The zero-order valence-corrected chi connectivity index (χ0v) is 20.8. The lowest BCUT2D eigenvalue weighted by Crippen LogP contribution is -2.41. The molecule has 2 heterocycles. The molecular formula is C28H31N5O4S. The quantitative estimate of drug-likeness (QED) is 0.250. The van der Waals surface area contributed by atoms with Gasteiger partial charge in [-0.3, -0.25) is 9.59 Å². The monoisotopic (exact) mass is 533 g/mol. The third-order valence-corrected chi connectivity index (χ3v) is 6.91. The predicted molar refractivity (Wildman–Crippen MR) is 147 cm³/mol. The zero-order valence-electron chi connectivity index (χ0n) is 20.0. The van der Waals surface area contributed by atoms with Crippen LogP contribution in [-0.2, 0) is 22.6 Å². The highest BCUT2D eigenvalue weighted by Crippen LogP contribution is 2.30. The molecule has 2 atom stereocenters. The largest absolute Gasteiger partial charge is 0.480 e. The highest BCUT2D eigenvalue weighted by Gasteiger charge is 2.24. The first-order valence-electron chi connectivity index (χ1n) is 11.8. The number of carbonyl (C=O) groups is 3. The number of nitrogens with one attached hydrogen (secondary N) is 1. The van der Waals surface area contributed by atoms with Crippen molar-refractivity contribution in [2.45, 2.75) is 45.2 Å². The van der Waals surface area contributed by atoms with E-state index in [1.54, 1.807) is 36.1 Å². The minimum Gasteiger partial charge on any atom is -0.480 e. The van der Waals surface area contributed by atoms with E-state index in [1.807, 2.05) is 58.6 Å². The molecule has 198 valence electrons. The number of carbonyl (C=O) groups excluding carboxylic acids is 2. The van der Waals surface area contributed by atoms with Gasteiger partial charge in [-0.2, -0.15) is 0 Å². The molecule has 4 rings (SSSR count). The Balaban J connectivity index is 0.00000400. The Labute approximate surface area is 225 Å². The Morgan fingerprint density at radius 3 is 2.53 bits per heavy atom. The van der Waals surface area contributed by atoms with Crippen LogP contribution in [0.15, 0.2) is 78.8 Å². The fraction of sp³-hybridized carbons (Fsp3) is 0.250. The summed E-state index contributed by atoms with van der Waals surface area (Å²) in [6.45, 7) is 0.705. The molecule has 1 unspecified atom stereocenters. The summed E-state index contributed by atoms with van der Waals surface area (Å²) in [6.07, 6.45) is 7.69. The molecule has 0 saturated carbocycles. The minimum absolute atomic E-state index is 0. The third kappa shape index (κ3) is 7.36. The van der Waals surface area contributed by atoms with E-state index in [0.29, 0.717) is 24.1 Å². The first-order valence-corrected chi connectivity index (χ1v) is 12.6. The number of imidazole rings is 1. The van der Waals surface area contributed by atoms with Crippen LogP contribution in [0.3, 0.4) is 0 Å². The number of aromatic nitrogens is 3. The number of amides is 2. The Morgan fingerprint density at radius 1 is 1.11 bits per heavy atom.